The fourth-order valence-electron chi connectivity index (χ4n) is 2.79. The number of methoxy groups -OCH3 is 1. The van der Waals surface area contributed by atoms with Crippen molar-refractivity contribution in [1.29, 1.82) is 0 Å². The third-order valence-corrected chi connectivity index (χ3v) is 4.19. The van der Waals surface area contributed by atoms with Crippen LogP contribution in [0.15, 0.2) is 66.7 Å². The number of fused-ring (bicyclic) bond motifs is 2. The highest BCUT2D eigenvalue weighted by molar-refractivity contribution is 6.10. The summed E-state index contributed by atoms with van der Waals surface area (Å²) in [7, 11) is 1.57. The van der Waals surface area contributed by atoms with Crippen molar-refractivity contribution in [3.8, 4) is 17.2 Å². The molecule has 0 saturated carbocycles. The second kappa shape index (κ2) is 6.84. The van der Waals surface area contributed by atoms with Crippen molar-refractivity contribution in [3.05, 3.63) is 77.9 Å². The standard InChI is InChI=1S/C21H16N2O4/c1-26-15-9-6-13(7-10-15)20(24)22-14-8-11-18-16(12-14)21(25)23-17-4-2-3-5-19(17)27-18/h2-12H,1H3,(H,22,24)(H,23,25). The number of hydrogen-bond donors (Lipinski definition) is 2. The molecule has 0 aromatic heterocycles. The van der Waals surface area contributed by atoms with Crippen LogP contribution in [-0.4, -0.2) is 18.9 Å². The minimum absolute atomic E-state index is 0.282. The number of hydrogen-bond acceptors (Lipinski definition) is 4. The van der Waals surface area contributed by atoms with E-state index in [2.05, 4.69) is 10.6 Å². The minimum atomic E-state index is -0.296. The molecule has 4 rings (SSSR count). The van der Waals surface area contributed by atoms with Crippen LogP contribution >= 0.6 is 0 Å². The first kappa shape index (κ1) is 16.7. The van der Waals surface area contributed by atoms with Gasteiger partial charge in [-0.15, -0.1) is 0 Å². The molecule has 0 bridgehead atoms. The molecule has 0 atom stereocenters. The number of rotatable bonds is 3. The molecule has 27 heavy (non-hydrogen) atoms. The molecule has 134 valence electrons. The molecule has 2 N–H and O–H groups in total. The van der Waals surface area contributed by atoms with Gasteiger partial charge < -0.3 is 20.1 Å². The van der Waals surface area contributed by atoms with Gasteiger partial charge in [0.1, 0.15) is 11.5 Å². The highest BCUT2D eigenvalue weighted by atomic mass is 16.5. The summed E-state index contributed by atoms with van der Waals surface area (Å²) in [5, 5.41) is 5.61. The molecule has 0 spiro atoms. The van der Waals surface area contributed by atoms with Gasteiger partial charge in [0.2, 0.25) is 0 Å². The van der Waals surface area contributed by atoms with E-state index in [1.54, 1.807) is 61.7 Å². The van der Waals surface area contributed by atoms with E-state index in [0.29, 0.717) is 39.8 Å². The zero-order chi connectivity index (χ0) is 18.8. The maximum Gasteiger partial charge on any atom is 0.259 e. The van der Waals surface area contributed by atoms with Crippen molar-refractivity contribution in [2.45, 2.75) is 0 Å². The summed E-state index contributed by atoms with van der Waals surface area (Å²) in [6.45, 7) is 0. The number of carbonyl (C=O) groups excluding carboxylic acids is 2. The van der Waals surface area contributed by atoms with E-state index in [4.69, 9.17) is 9.47 Å². The Labute approximate surface area is 155 Å². The van der Waals surface area contributed by atoms with Gasteiger partial charge in [-0.1, -0.05) is 12.1 Å². The van der Waals surface area contributed by atoms with Gasteiger partial charge in [-0.2, -0.15) is 0 Å². The number of para-hydroxylation sites is 2. The van der Waals surface area contributed by atoms with Crippen LogP contribution in [0.1, 0.15) is 20.7 Å². The van der Waals surface area contributed by atoms with Crippen LogP contribution in [0, 0.1) is 0 Å². The van der Waals surface area contributed by atoms with Crippen LogP contribution < -0.4 is 20.1 Å². The fourth-order valence-corrected chi connectivity index (χ4v) is 2.79. The zero-order valence-corrected chi connectivity index (χ0v) is 14.5. The van der Waals surface area contributed by atoms with E-state index in [-0.39, 0.29) is 11.8 Å². The fraction of sp³-hybridized carbons (Fsp3) is 0.0476. The molecule has 0 radical (unpaired) electrons. The van der Waals surface area contributed by atoms with Gasteiger partial charge in [0.15, 0.2) is 5.75 Å². The van der Waals surface area contributed by atoms with Crippen molar-refractivity contribution in [1.82, 2.24) is 0 Å². The second-order valence-electron chi connectivity index (χ2n) is 5.95. The van der Waals surface area contributed by atoms with E-state index in [1.807, 2.05) is 12.1 Å². The summed E-state index contributed by atoms with van der Waals surface area (Å²) in [6, 6.07) is 18.9. The average molecular weight is 360 g/mol. The molecule has 6 nitrogen and oxygen atoms in total. The summed E-state index contributed by atoms with van der Waals surface area (Å²) in [4.78, 5) is 25.0. The molecule has 0 unspecified atom stereocenters. The third kappa shape index (κ3) is 3.32. The molecular formula is C21H16N2O4. The van der Waals surface area contributed by atoms with Gasteiger partial charge in [0, 0.05) is 11.3 Å². The Hall–Kier alpha value is -3.80. The molecule has 2 amide bonds. The summed E-state index contributed by atoms with van der Waals surface area (Å²) >= 11 is 0. The Morgan fingerprint density at radius 1 is 1.00 bits per heavy atom. The van der Waals surface area contributed by atoms with Crippen molar-refractivity contribution in [2.24, 2.45) is 0 Å². The predicted octanol–water partition coefficient (Wildman–Crippen LogP) is 4.31. The van der Waals surface area contributed by atoms with E-state index in [1.165, 1.54) is 0 Å². The highest BCUT2D eigenvalue weighted by Crippen LogP contribution is 2.36. The number of benzene rings is 3. The Kier molecular flexibility index (Phi) is 4.22. The van der Waals surface area contributed by atoms with Crippen LogP contribution in [0.25, 0.3) is 0 Å². The van der Waals surface area contributed by atoms with Crippen LogP contribution in [0.3, 0.4) is 0 Å². The van der Waals surface area contributed by atoms with Crippen molar-refractivity contribution < 1.29 is 19.1 Å². The lowest BCUT2D eigenvalue weighted by molar-refractivity contribution is 0.101. The third-order valence-electron chi connectivity index (χ3n) is 4.19. The lowest BCUT2D eigenvalue weighted by Crippen LogP contribution is -2.14. The largest absolute Gasteiger partial charge is 0.497 e. The molecule has 6 heteroatoms. The maximum atomic E-state index is 12.5. The summed E-state index contributed by atoms with van der Waals surface area (Å²) in [5.41, 5.74) is 1.93. The lowest BCUT2D eigenvalue weighted by atomic mass is 10.1. The number of anilines is 2. The highest BCUT2D eigenvalue weighted by Gasteiger charge is 2.21. The van der Waals surface area contributed by atoms with Gasteiger partial charge >= 0.3 is 0 Å². The van der Waals surface area contributed by atoms with Gasteiger partial charge in [-0.05, 0) is 54.6 Å². The Balaban J connectivity index is 1.58. The normalized spacial score (nSPS) is 12.0. The van der Waals surface area contributed by atoms with Gasteiger partial charge in [0.05, 0.1) is 18.4 Å². The predicted molar refractivity (Wildman–Crippen MR) is 102 cm³/mol. The van der Waals surface area contributed by atoms with Crippen molar-refractivity contribution in [3.63, 3.8) is 0 Å². The Bertz CT molecular complexity index is 1030. The summed E-state index contributed by atoms with van der Waals surface area (Å²) in [5.74, 6) is 1.09. The molecule has 3 aromatic carbocycles. The number of ether oxygens (including phenoxy) is 2. The Morgan fingerprint density at radius 3 is 2.56 bits per heavy atom. The molecule has 1 heterocycles. The quantitative estimate of drug-likeness (QED) is 0.730. The molecule has 3 aromatic rings. The number of nitrogens with one attached hydrogen (secondary N) is 2. The monoisotopic (exact) mass is 360 g/mol. The van der Waals surface area contributed by atoms with Gasteiger partial charge in [-0.25, -0.2) is 0 Å². The first-order valence-corrected chi connectivity index (χ1v) is 8.32. The lowest BCUT2D eigenvalue weighted by Gasteiger charge is -2.10. The first-order chi connectivity index (χ1) is 13.1. The van der Waals surface area contributed by atoms with E-state index in [0.717, 1.165) is 0 Å². The zero-order valence-electron chi connectivity index (χ0n) is 14.5. The Morgan fingerprint density at radius 2 is 1.78 bits per heavy atom. The number of carbonyl (C=O) groups is 2. The second-order valence-corrected chi connectivity index (χ2v) is 5.95. The molecule has 0 saturated heterocycles. The van der Waals surface area contributed by atoms with Crippen molar-refractivity contribution in [2.75, 3.05) is 17.7 Å². The molecule has 0 fully saturated rings. The summed E-state index contributed by atoms with van der Waals surface area (Å²) in [6.07, 6.45) is 0. The van der Waals surface area contributed by atoms with E-state index < -0.39 is 0 Å². The topological polar surface area (TPSA) is 76.7 Å². The first-order valence-electron chi connectivity index (χ1n) is 8.32. The summed E-state index contributed by atoms with van der Waals surface area (Å²) < 4.78 is 10.9. The van der Waals surface area contributed by atoms with Gasteiger partial charge in [0.25, 0.3) is 11.8 Å². The van der Waals surface area contributed by atoms with Crippen LogP contribution in [0.4, 0.5) is 11.4 Å². The van der Waals surface area contributed by atoms with Gasteiger partial charge in [-0.3, -0.25) is 9.59 Å². The molecule has 1 aliphatic heterocycles. The SMILES string of the molecule is COc1ccc(C(=O)Nc2ccc3c(c2)C(=O)Nc2ccccc2O3)cc1. The van der Waals surface area contributed by atoms with Crippen LogP contribution in [-0.2, 0) is 0 Å². The minimum Gasteiger partial charge on any atom is -0.497 e. The van der Waals surface area contributed by atoms with E-state index in [9.17, 15) is 9.59 Å². The van der Waals surface area contributed by atoms with Crippen molar-refractivity contribution >= 4 is 23.2 Å². The number of amides is 2. The smallest absolute Gasteiger partial charge is 0.259 e. The van der Waals surface area contributed by atoms with Crippen LogP contribution in [0.5, 0.6) is 17.2 Å². The molecule has 0 aliphatic carbocycles. The van der Waals surface area contributed by atoms with E-state index >= 15 is 0 Å². The van der Waals surface area contributed by atoms with Crippen LogP contribution in [0.2, 0.25) is 0 Å². The average Bonchev–Trinajstić information content (AvgIpc) is 2.84. The molecular weight excluding hydrogens is 344 g/mol. The maximum absolute atomic E-state index is 12.5. The molecule has 1 aliphatic rings.